The number of Topliss-reactive ketones (excluding diaryl/α,β-unsaturated/α-hetero) is 1. The number of hydrogen-bond donors (Lipinski definition) is 0. The summed E-state index contributed by atoms with van der Waals surface area (Å²) in [5.41, 5.74) is 1.78. The molecule has 10 heteroatoms. The third-order valence-corrected chi connectivity index (χ3v) is 6.44. The van der Waals surface area contributed by atoms with Crippen LogP contribution in [0.3, 0.4) is 0 Å². The van der Waals surface area contributed by atoms with Crippen LogP contribution in [-0.2, 0) is 6.42 Å². The van der Waals surface area contributed by atoms with Gasteiger partial charge in [-0.05, 0) is 42.5 Å². The molecule has 0 aliphatic carbocycles. The molecule has 0 atom stereocenters. The Morgan fingerprint density at radius 1 is 1.06 bits per heavy atom. The lowest BCUT2D eigenvalue weighted by atomic mass is 10.1. The first-order valence-electron chi connectivity index (χ1n) is 10.7. The number of rotatable bonds is 8. The number of ketones is 1. The molecule has 4 aromatic heterocycles. The van der Waals surface area contributed by atoms with Crippen LogP contribution in [0.25, 0.3) is 11.4 Å². The number of hydrogen-bond acceptors (Lipinski definition) is 7. The van der Waals surface area contributed by atoms with Crippen LogP contribution >= 0.6 is 22.9 Å². The summed E-state index contributed by atoms with van der Waals surface area (Å²) >= 11 is 7.20. The van der Waals surface area contributed by atoms with Crippen molar-refractivity contribution in [3.8, 4) is 22.9 Å². The molecular formula is C25H18ClN5O3S. The highest BCUT2D eigenvalue weighted by molar-refractivity contribution is 7.18. The highest BCUT2D eigenvalue weighted by Crippen LogP contribution is 2.30. The number of carbonyl (C=O) groups excluding carboxylic acids is 1. The van der Waals surface area contributed by atoms with Crippen molar-refractivity contribution in [1.82, 2.24) is 24.5 Å². The summed E-state index contributed by atoms with van der Waals surface area (Å²) in [6.07, 6.45) is 7.45. The van der Waals surface area contributed by atoms with E-state index in [4.69, 9.17) is 16.3 Å². The van der Waals surface area contributed by atoms with Gasteiger partial charge in [0.2, 0.25) is 0 Å². The first-order valence-corrected chi connectivity index (χ1v) is 11.9. The van der Waals surface area contributed by atoms with Crippen molar-refractivity contribution in [2.24, 2.45) is 0 Å². The van der Waals surface area contributed by atoms with Crippen molar-refractivity contribution in [1.29, 1.82) is 0 Å². The fourth-order valence-electron chi connectivity index (χ4n) is 3.46. The molecule has 0 N–H and O–H groups in total. The Labute approximate surface area is 209 Å². The van der Waals surface area contributed by atoms with Gasteiger partial charge in [-0.15, -0.1) is 16.4 Å². The van der Waals surface area contributed by atoms with Crippen LogP contribution in [0.5, 0.6) is 11.5 Å². The number of aromatic nitrogens is 5. The van der Waals surface area contributed by atoms with Gasteiger partial charge in [-0.2, -0.15) is 0 Å². The van der Waals surface area contributed by atoms with Crippen LogP contribution in [-0.4, -0.2) is 30.3 Å². The Bertz CT molecular complexity index is 1540. The van der Waals surface area contributed by atoms with Gasteiger partial charge in [0.05, 0.1) is 26.8 Å². The molecule has 0 bridgehead atoms. The highest BCUT2D eigenvalue weighted by Gasteiger charge is 2.14. The molecule has 174 valence electrons. The van der Waals surface area contributed by atoms with Crippen LogP contribution < -0.4 is 10.3 Å². The molecule has 8 nitrogen and oxygen atoms in total. The van der Waals surface area contributed by atoms with Gasteiger partial charge >= 0.3 is 0 Å². The SMILES string of the molecule is O=C(CCc1cn(-c2ccc(-n3ccccc3=O)cc2Oc2ccncc2)nn1)c1ccc(Cl)s1. The molecule has 0 saturated carbocycles. The zero-order valence-electron chi connectivity index (χ0n) is 18.2. The number of ether oxygens (including phenoxy) is 1. The van der Waals surface area contributed by atoms with Gasteiger partial charge in [0.25, 0.3) is 5.56 Å². The summed E-state index contributed by atoms with van der Waals surface area (Å²) in [4.78, 5) is 29.4. The lowest BCUT2D eigenvalue weighted by molar-refractivity contribution is 0.0986. The molecule has 0 amide bonds. The first kappa shape index (κ1) is 22.7. The molecule has 5 aromatic rings. The predicted molar refractivity (Wildman–Crippen MR) is 133 cm³/mol. The van der Waals surface area contributed by atoms with E-state index < -0.39 is 0 Å². The average molecular weight is 504 g/mol. The summed E-state index contributed by atoms with van der Waals surface area (Å²) in [6, 6.07) is 17.3. The third-order valence-electron chi connectivity index (χ3n) is 5.17. The van der Waals surface area contributed by atoms with E-state index in [2.05, 4.69) is 15.3 Å². The summed E-state index contributed by atoms with van der Waals surface area (Å²) in [6.45, 7) is 0. The lowest BCUT2D eigenvalue weighted by Crippen LogP contribution is -2.15. The molecule has 0 unspecified atom stereocenters. The Morgan fingerprint density at radius 2 is 1.91 bits per heavy atom. The van der Waals surface area contributed by atoms with E-state index in [9.17, 15) is 9.59 Å². The molecule has 0 fully saturated rings. The molecule has 0 saturated heterocycles. The van der Waals surface area contributed by atoms with Gasteiger partial charge in [0.1, 0.15) is 11.4 Å². The Kier molecular flexibility index (Phi) is 6.51. The second-order valence-corrected chi connectivity index (χ2v) is 9.24. The number of pyridine rings is 2. The smallest absolute Gasteiger partial charge is 0.255 e. The standard InChI is InChI=1S/C25H18ClN5O3S/c26-24-9-8-23(35-24)21(32)7-4-17-16-31(29-28-17)20-6-5-18(30-14-2-1-3-25(30)33)15-22(20)34-19-10-12-27-13-11-19/h1-3,5-6,8-16H,4,7H2. The van der Waals surface area contributed by atoms with E-state index in [1.807, 2.05) is 12.1 Å². The fourth-order valence-corrected chi connectivity index (χ4v) is 4.47. The highest BCUT2D eigenvalue weighted by atomic mass is 35.5. The molecule has 1 aromatic carbocycles. The average Bonchev–Trinajstić information content (AvgIpc) is 3.53. The van der Waals surface area contributed by atoms with Crippen LogP contribution in [0.4, 0.5) is 0 Å². The van der Waals surface area contributed by atoms with Gasteiger partial charge < -0.3 is 4.74 Å². The van der Waals surface area contributed by atoms with Crippen molar-refractivity contribution in [3.05, 3.63) is 111 Å². The van der Waals surface area contributed by atoms with Crippen LogP contribution in [0.1, 0.15) is 21.8 Å². The molecule has 0 aliphatic heterocycles. The topological polar surface area (TPSA) is 91.9 Å². The van der Waals surface area contributed by atoms with Crippen molar-refractivity contribution < 1.29 is 9.53 Å². The predicted octanol–water partition coefficient (Wildman–Crippen LogP) is 5.14. The van der Waals surface area contributed by atoms with E-state index in [0.717, 1.165) is 0 Å². The maximum Gasteiger partial charge on any atom is 0.255 e. The third kappa shape index (κ3) is 5.21. The van der Waals surface area contributed by atoms with Gasteiger partial charge in [0.15, 0.2) is 11.5 Å². The van der Waals surface area contributed by atoms with Gasteiger partial charge in [0, 0.05) is 43.6 Å². The minimum absolute atomic E-state index is 0.0100. The zero-order valence-corrected chi connectivity index (χ0v) is 19.8. The molecule has 5 rings (SSSR count). The number of carbonyl (C=O) groups is 1. The Morgan fingerprint density at radius 3 is 2.69 bits per heavy atom. The number of halogens is 1. The summed E-state index contributed by atoms with van der Waals surface area (Å²) in [5, 5.41) is 8.46. The van der Waals surface area contributed by atoms with Crippen molar-refractivity contribution in [3.63, 3.8) is 0 Å². The number of aryl methyl sites for hydroxylation is 1. The molecule has 35 heavy (non-hydrogen) atoms. The quantitative estimate of drug-likeness (QED) is 0.272. The van der Waals surface area contributed by atoms with E-state index in [0.29, 0.717) is 50.6 Å². The molecule has 4 heterocycles. The maximum absolute atomic E-state index is 12.4. The Balaban J connectivity index is 1.43. The van der Waals surface area contributed by atoms with Crippen LogP contribution in [0, 0.1) is 0 Å². The van der Waals surface area contributed by atoms with E-state index >= 15 is 0 Å². The second kappa shape index (κ2) is 10.0. The molecule has 0 spiro atoms. The maximum atomic E-state index is 12.4. The minimum atomic E-state index is -0.158. The van der Waals surface area contributed by atoms with Gasteiger partial charge in [-0.25, -0.2) is 4.68 Å². The number of thiophene rings is 1. The van der Waals surface area contributed by atoms with E-state index in [1.165, 1.54) is 22.0 Å². The number of nitrogens with zero attached hydrogens (tertiary/aromatic N) is 5. The molecule has 0 radical (unpaired) electrons. The van der Waals surface area contributed by atoms with E-state index in [-0.39, 0.29) is 11.3 Å². The lowest BCUT2D eigenvalue weighted by Gasteiger charge is -2.13. The van der Waals surface area contributed by atoms with Crippen LogP contribution in [0.15, 0.2) is 90.2 Å². The van der Waals surface area contributed by atoms with Gasteiger partial charge in [-0.3, -0.25) is 19.1 Å². The number of benzene rings is 1. The van der Waals surface area contributed by atoms with Crippen LogP contribution in [0.2, 0.25) is 4.34 Å². The van der Waals surface area contributed by atoms with Gasteiger partial charge in [-0.1, -0.05) is 22.9 Å². The van der Waals surface area contributed by atoms with Crippen molar-refractivity contribution in [2.45, 2.75) is 12.8 Å². The zero-order chi connectivity index (χ0) is 24.2. The van der Waals surface area contributed by atoms with E-state index in [1.54, 1.807) is 71.9 Å². The van der Waals surface area contributed by atoms with Crippen molar-refractivity contribution in [2.75, 3.05) is 0 Å². The first-order chi connectivity index (χ1) is 17.1. The summed E-state index contributed by atoms with van der Waals surface area (Å²) < 4.78 is 9.83. The normalized spacial score (nSPS) is 10.9. The second-order valence-electron chi connectivity index (χ2n) is 7.53. The summed E-state index contributed by atoms with van der Waals surface area (Å²) in [7, 11) is 0. The molecular weight excluding hydrogens is 486 g/mol. The molecule has 0 aliphatic rings. The Hall–Kier alpha value is -4.08. The van der Waals surface area contributed by atoms with Crippen molar-refractivity contribution >= 4 is 28.7 Å². The summed E-state index contributed by atoms with van der Waals surface area (Å²) in [5.74, 6) is 1.07. The fraction of sp³-hybridized carbons (Fsp3) is 0.0800. The minimum Gasteiger partial charge on any atom is -0.455 e. The monoisotopic (exact) mass is 503 g/mol. The largest absolute Gasteiger partial charge is 0.455 e.